The Bertz CT molecular complexity index is 2930. The van der Waals surface area contributed by atoms with E-state index in [1.807, 2.05) is 72.8 Å². The van der Waals surface area contributed by atoms with Gasteiger partial charge < -0.3 is 29.5 Å². The summed E-state index contributed by atoms with van der Waals surface area (Å²) in [6.45, 7) is 18.2. The third kappa shape index (κ3) is 15.3. The number of nitrogens with zero attached hydrogens (tertiary/aromatic N) is 6. The number of hydrogen-bond donors (Lipinski definition) is 9. The normalized spacial score (nSPS) is 28.0. The molecule has 3 aromatic heterocycles. The minimum atomic E-state index is -5.12. The molecule has 442 valence electrons. The van der Waals surface area contributed by atoms with E-state index in [-0.39, 0.29) is 18.1 Å². The van der Waals surface area contributed by atoms with Crippen LogP contribution in [0, 0.1) is 35.5 Å². The van der Waals surface area contributed by atoms with Crippen LogP contribution in [0.15, 0.2) is 129 Å². The molecule has 9 aliphatic rings. The predicted molar refractivity (Wildman–Crippen MR) is 311 cm³/mol. The third-order valence-corrected chi connectivity index (χ3v) is 17.5. The zero-order chi connectivity index (χ0) is 59.0. The van der Waals surface area contributed by atoms with Gasteiger partial charge >= 0.3 is 61.1 Å². The Morgan fingerprint density at radius 3 is 0.939 bits per heavy atom. The van der Waals surface area contributed by atoms with Crippen molar-refractivity contribution < 1.29 is 61.6 Å². The van der Waals surface area contributed by atoms with Crippen LogP contribution in [0.2, 0.25) is 0 Å². The quantitative estimate of drug-likeness (QED) is 0.0564. The SMILES string of the molecule is C=CC1CN2CCC1CC2C(O)c1ccnc2ccc(OC)cc12.C=CC1CN2CCC1CC2C(O)c1ccnc2ccc(OC)cc12.C=CC1CN2CCC1CC2C(O)c1ccnc2ccc(OC)cc12.O=[As](O)(O)O.O=[As](O)(O)O. The summed E-state index contributed by atoms with van der Waals surface area (Å²) in [6.07, 6.45) is 16.9. The number of ether oxygens (including phenoxy) is 3. The molecular weight excluding hydrogens is 1180 g/mol. The summed E-state index contributed by atoms with van der Waals surface area (Å²) < 4.78 is 77.4. The molecule has 20 nitrogen and oxygen atoms in total. The van der Waals surface area contributed by atoms with Crippen molar-refractivity contribution in [2.75, 3.05) is 60.6 Å². The van der Waals surface area contributed by atoms with E-state index >= 15 is 0 Å². The van der Waals surface area contributed by atoms with E-state index in [4.69, 9.17) is 46.3 Å². The first-order valence-electron chi connectivity index (χ1n) is 27.6. The van der Waals surface area contributed by atoms with Crippen LogP contribution in [0.1, 0.15) is 73.5 Å². The zero-order valence-electron chi connectivity index (χ0n) is 46.6. The van der Waals surface area contributed by atoms with E-state index in [2.05, 4.69) is 67.6 Å². The van der Waals surface area contributed by atoms with Crippen molar-refractivity contribution >= 4 is 61.7 Å². The second-order valence-corrected chi connectivity index (χ2v) is 26.3. The van der Waals surface area contributed by atoms with Crippen LogP contribution in [0.4, 0.5) is 0 Å². The molecule has 15 atom stereocenters. The van der Waals surface area contributed by atoms with Crippen LogP contribution < -0.4 is 14.2 Å². The second kappa shape index (κ2) is 27.6. The van der Waals surface area contributed by atoms with Crippen LogP contribution in [0.5, 0.6) is 17.2 Å². The van der Waals surface area contributed by atoms with Gasteiger partial charge in [0.2, 0.25) is 0 Å². The fourth-order valence-electron chi connectivity index (χ4n) is 13.3. The molecule has 22 heteroatoms. The molecule has 9 saturated heterocycles. The molecule has 9 aliphatic heterocycles. The number of methoxy groups -OCH3 is 3. The van der Waals surface area contributed by atoms with Gasteiger partial charge in [-0.15, -0.1) is 19.7 Å². The molecule has 0 amide bonds. The summed E-state index contributed by atoms with van der Waals surface area (Å²) in [6, 6.07) is 23.9. The second-order valence-electron chi connectivity index (χ2n) is 21.9. The fraction of sp³-hybridized carbons (Fsp3) is 0.450. The van der Waals surface area contributed by atoms with Crippen LogP contribution in [-0.2, 0) is 7.48 Å². The van der Waals surface area contributed by atoms with E-state index < -0.39 is 47.3 Å². The summed E-state index contributed by atoms with van der Waals surface area (Å²) in [4.78, 5) is 20.6. The number of benzene rings is 3. The Balaban J connectivity index is 0.000000148. The number of aliphatic hydroxyl groups is 3. The van der Waals surface area contributed by atoms with E-state index in [0.717, 1.165) is 125 Å². The van der Waals surface area contributed by atoms with Gasteiger partial charge in [-0.25, -0.2) is 0 Å². The number of aromatic nitrogens is 3. The molecule has 0 spiro atoms. The first-order chi connectivity index (χ1) is 39.1. The summed E-state index contributed by atoms with van der Waals surface area (Å²) in [7, 11) is 4.98. The zero-order valence-corrected chi connectivity index (χ0v) is 50.3. The molecule has 15 rings (SSSR count). The molecule has 15 unspecified atom stereocenters. The first kappa shape index (κ1) is 62.8. The molecular formula is C60H78As2N6O14. The Hall–Kier alpha value is -5.25. The molecule has 0 saturated carbocycles. The molecule has 6 bridgehead atoms. The van der Waals surface area contributed by atoms with Crippen LogP contribution in [0.3, 0.4) is 0 Å². The van der Waals surface area contributed by atoms with Gasteiger partial charge in [0.1, 0.15) is 17.2 Å². The Labute approximate surface area is 484 Å². The number of hydrogen-bond acceptors (Lipinski definition) is 14. The van der Waals surface area contributed by atoms with Crippen molar-refractivity contribution in [3.63, 3.8) is 0 Å². The summed E-state index contributed by atoms with van der Waals surface area (Å²) in [5, 5.41) is 36.4. The van der Waals surface area contributed by atoms with Gasteiger partial charge in [-0.3, -0.25) is 29.7 Å². The minimum absolute atomic E-state index is 0.178. The van der Waals surface area contributed by atoms with Gasteiger partial charge in [-0.05, 0) is 183 Å². The van der Waals surface area contributed by atoms with Crippen molar-refractivity contribution in [3.05, 3.63) is 146 Å². The van der Waals surface area contributed by atoms with Gasteiger partial charge in [0.15, 0.2) is 0 Å². The monoisotopic (exact) mass is 1260 g/mol. The Kier molecular flexibility index (Phi) is 21.2. The standard InChI is InChI=1S/3C20H24N2O2.2AsH3O4/c3*1-3-13-12-22-9-7-14(13)10-19(22)20(23)16-6-8-21-18-5-4-15(24-2)11-17(16)18;2*2-1(3,4)5/h3*3-6,8,11,13-14,19-20,23H,1,7,9-10,12H2,2H3;2*(H3,2,3,4,5). The van der Waals surface area contributed by atoms with Gasteiger partial charge in [0.25, 0.3) is 0 Å². The molecule has 3 aromatic carbocycles. The van der Waals surface area contributed by atoms with Crippen LogP contribution in [0.25, 0.3) is 32.7 Å². The van der Waals surface area contributed by atoms with Crippen molar-refractivity contribution in [2.45, 2.75) is 75.0 Å². The summed E-state index contributed by atoms with van der Waals surface area (Å²) in [5.41, 5.74) is 5.54. The van der Waals surface area contributed by atoms with E-state index in [1.165, 1.54) is 19.3 Å². The third-order valence-electron chi connectivity index (χ3n) is 17.5. The van der Waals surface area contributed by atoms with Gasteiger partial charge in [-0.1, -0.05) is 18.2 Å². The number of piperidine rings is 9. The molecule has 6 aromatic rings. The van der Waals surface area contributed by atoms with Gasteiger partial charge in [-0.2, -0.15) is 0 Å². The van der Waals surface area contributed by atoms with Crippen molar-refractivity contribution in [2.24, 2.45) is 35.5 Å². The Morgan fingerprint density at radius 1 is 0.476 bits per heavy atom. The topological polar surface area (TPSA) is 292 Å². The summed E-state index contributed by atoms with van der Waals surface area (Å²) >= 11 is -10.2. The number of fused-ring (bicyclic) bond motifs is 12. The van der Waals surface area contributed by atoms with Crippen LogP contribution >= 0.6 is 0 Å². The number of rotatable bonds is 12. The molecule has 12 heterocycles. The fourth-order valence-corrected chi connectivity index (χ4v) is 13.3. The van der Waals surface area contributed by atoms with Gasteiger partial charge in [0.05, 0.1) is 56.2 Å². The molecule has 82 heavy (non-hydrogen) atoms. The average molecular weight is 1260 g/mol. The summed E-state index contributed by atoms with van der Waals surface area (Å²) in [5.74, 6) is 6.02. The molecule has 9 N–H and O–H groups in total. The first-order valence-corrected chi connectivity index (χ1v) is 34.2. The van der Waals surface area contributed by atoms with Crippen molar-refractivity contribution in [1.82, 2.24) is 29.7 Å². The molecule has 9 fully saturated rings. The predicted octanol–water partition coefficient (Wildman–Crippen LogP) is 5.18. The number of pyridine rings is 3. The molecule has 0 aliphatic carbocycles. The van der Waals surface area contributed by atoms with Crippen LogP contribution in [-0.4, -0.2) is 177 Å². The van der Waals surface area contributed by atoms with Crippen molar-refractivity contribution in [1.29, 1.82) is 0 Å². The maximum atomic E-state index is 11.2. The Morgan fingerprint density at radius 2 is 0.732 bits per heavy atom. The van der Waals surface area contributed by atoms with E-state index in [0.29, 0.717) is 35.5 Å². The maximum absolute atomic E-state index is 11.2. The van der Waals surface area contributed by atoms with E-state index in [9.17, 15) is 15.3 Å². The van der Waals surface area contributed by atoms with E-state index in [1.54, 1.807) is 39.9 Å². The molecule has 0 radical (unpaired) electrons. The van der Waals surface area contributed by atoms with Gasteiger partial charge in [0, 0.05) is 72.5 Å². The average Bonchev–Trinajstić information content (AvgIpc) is 3.15. The number of aliphatic hydroxyl groups excluding tert-OH is 3. The van der Waals surface area contributed by atoms with Crippen molar-refractivity contribution in [3.8, 4) is 17.2 Å².